The third-order valence-electron chi connectivity index (χ3n) is 6.49. The van der Waals surface area contributed by atoms with Gasteiger partial charge in [0.2, 0.25) is 0 Å². The average molecular weight is 505 g/mol. The highest BCUT2D eigenvalue weighted by Gasteiger charge is 2.49. The number of ether oxygens (including phenoxy) is 3. The van der Waals surface area contributed by atoms with Crippen molar-refractivity contribution in [1.29, 1.82) is 0 Å². The second-order valence-corrected chi connectivity index (χ2v) is 9.43. The number of rotatable bonds is 5. The van der Waals surface area contributed by atoms with Crippen molar-refractivity contribution in [3.05, 3.63) is 54.9 Å². The molecule has 0 spiro atoms. The highest BCUT2D eigenvalue weighted by Crippen LogP contribution is 2.52. The largest absolute Gasteiger partial charge is 0.448 e. The summed E-state index contributed by atoms with van der Waals surface area (Å²) in [4.78, 5) is 28.1. The van der Waals surface area contributed by atoms with Gasteiger partial charge in [0, 0.05) is 54.5 Å². The molecule has 8 heteroatoms. The van der Waals surface area contributed by atoms with Crippen LogP contribution in [-0.4, -0.2) is 29.9 Å². The maximum absolute atomic E-state index is 13.1. The molecule has 1 aromatic carbocycles. The molecule has 0 saturated carbocycles. The predicted octanol–water partition coefficient (Wildman–Crippen LogP) is 4.30. The molecule has 172 valence electrons. The van der Waals surface area contributed by atoms with E-state index < -0.39 is 5.79 Å². The van der Waals surface area contributed by atoms with Gasteiger partial charge in [-0.3, -0.25) is 9.59 Å². The number of halogens is 1. The van der Waals surface area contributed by atoms with Crippen LogP contribution in [0.3, 0.4) is 0 Å². The van der Waals surface area contributed by atoms with E-state index in [-0.39, 0.29) is 23.9 Å². The van der Waals surface area contributed by atoms with Crippen molar-refractivity contribution in [2.24, 2.45) is 5.92 Å². The van der Waals surface area contributed by atoms with Crippen LogP contribution in [0.25, 0.3) is 0 Å². The van der Waals surface area contributed by atoms with Crippen LogP contribution in [0.5, 0.6) is 11.5 Å². The highest BCUT2D eigenvalue weighted by atomic mass is 79.9. The van der Waals surface area contributed by atoms with Crippen LogP contribution in [0.15, 0.2) is 21.4 Å². The first-order valence-corrected chi connectivity index (χ1v) is 11.8. The van der Waals surface area contributed by atoms with Gasteiger partial charge in [-0.15, -0.1) is 0 Å². The summed E-state index contributed by atoms with van der Waals surface area (Å²) in [6.07, 6.45) is 2.43. The molecule has 0 radical (unpaired) electrons. The molecular formula is C24H29BrN2O5. The van der Waals surface area contributed by atoms with Gasteiger partial charge in [0.25, 0.3) is 17.3 Å². The molecule has 1 fully saturated rings. The monoisotopic (exact) mass is 504 g/mol. The number of fused-ring (bicyclic) bond motifs is 1. The fourth-order valence-electron chi connectivity index (χ4n) is 4.62. The summed E-state index contributed by atoms with van der Waals surface area (Å²) in [7, 11) is 0. The summed E-state index contributed by atoms with van der Waals surface area (Å²) in [6, 6.07) is 3.65. The predicted molar refractivity (Wildman–Crippen MR) is 124 cm³/mol. The van der Waals surface area contributed by atoms with Gasteiger partial charge in [0.05, 0.1) is 4.47 Å². The van der Waals surface area contributed by atoms with E-state index in [1.165, 1.54) is 0 Å². The minimum Gasteiger partial charge on any atom is -0.448 e. The van der Waals surface area contributed by atoms with Crippen LogP contribution >= 0.6 is 15.9 Å². The number of amides is 1. The van der Waals surface area contributed by atoms with Crippen molar-refractivity contribution in [2.75, 3.05) is 13.2 Å². The van der Waals surface area contributed by atoms with Crippen molar-refractivity contribution < 1.29 is 19.0 Å². The topological polar surface area (TPSA) is 89.7 Å². The first-order chi connectivity index (χ1) is 15.3. The van der Waals surface area contributed by atoms with E-state index in [0.717, 1.165) is 29.7 Å². The lowest BCUT2D eigenvalue weighted by atomic mass is 9.89. The summed E-state index contributed by atoms with van der Waals surface area (Å²) >= 11 is 3.57. The van der Waals surface area contributed by atoms with Gasteiger partial charge < -0.3 is 24.5 Å². The Morgan fingerprint density at radius 1 is 1.19 bits per heavy atom. The lowest BCUT2D eigenvalue weighted by Gasteiger charge is -2.36. The Morgan fingerprint density at radius 3 is 2.53 bits per heavy atom. The minimum absolute atomic E-state index is 0.146. The van der Waals surface area contributed by atoms with Gasteiger partial charge in [-0.25, -0.2) is 0 Å². The number of pyridine rings is 1. The van der Waals surface area contributed by atoms with Gasteiger partial charge in [0.1, 0.15) is 0 Å². The second-order valence-electron chi connectivity index (χ2n) is 8.57. The van der Waals surface area contributed by atoms with Gasteiger partial charge in [-0.05, 0) is 67.2 Å². The summed E-state index contributed by atoms with van der Waals surface area (Å²) < 4.78 is 19.0. The molecular weight excluding hydrogens is 476 g/mol. The van der Waals surface area contributed by atoms with Crippen molar-refractivity contribution in [3.63, 3.8) is 0 Å². The quantitative estimate of drug-likeness (QED) is 0.633. The van der Waals surface area contributed by atoms with Crippen molar-refractivity contribution in [3.8, 4) is 11.5 Å². The Balaban J connectivity index is 1.58. The molecule has 1 atom stereocenters. The lowest BCUT2D eigenvalue weighted by molar-refractivity contribution is -0.152. The van der Waals surface area contributed by atoms with Gasteiger partial charge in [-0.1, -0.05) is 6.92 Å². The number of benzene rings is 1. The molecule has 2 N–H and O–H groups in total. The molecule has 0 bridgehead atoms. The van der Waals surface area contributed by atoms with Gasteiger partial charge >= 0.3 is 0 Å². The molecule has 0 aliphatic carbocycles. The molecule has 1 aromatic heterocycles. The van der Waals surface area contributed by atoms with Crippen LogP contribution in [0.2, 0.25) is 0 Å². The minimum atomic E-state index is -0.749. The van der Waals surface area contributed by atoms with E-state index in [2.05, 4.69) is 33.2 Å². The van der Waals surface area contributed by atoms with Gasteiger partial charge in [0.15, 0.2) is 11.5 Å². The molecule has 1 unspecified atom stereocenters. The van der Waals surface area contributed by atoms with Crippen LogP contribution < -0.4 is 20.3 Å². The second kappa shape index (κ2) is 8.90. The summed E-state index contributed by atoms with van der Waals surface area (Å²) in [6.45, 7) is 9.16. The summed E-state index contributed by atoms with van der Waals surface area (Å²) in [5.41, 5.74) is 3.21. The zero-order chi connectivity index (χ0) is 23.0. The number of carbonyl (C=O) groups excluding carboxylic acids is 1. The highest BCUT2D eigenvalue weighted by molar-refractivity contribution is 9.10. The van der Waals surface area contributed by atoms with E-state index in [1.807, 2.05) is 26.8 Å². The first kappa shape index (κ1) is 22.9. The molecule has 32 heavy (non-hydrogen) atoms. The molecule has 1 saturated heterocycles. The number of aromatic nitrogens is 1. The molecule has 3 heterocycles. The number of aromatic amines is 1. The zero-order valence-corrected chi connectivity index (χ0v) is 20.5. The van der Waals surface area contributed by atoms with Crippen LogP contribution in [-0.2, 0) is 11.3 Å². The third-order valence-corrected chi connectivity index (χ3v) is 7.08. The smallest absolute Gasteiger partial charge is 0.254 e. The van der Waals surface area contributed by atoms with Gasteiger partial charge in [-0.2, -0.15) is 0 Å². The number of H-pyrrole nitrogens is 1. The zero-order valence-electron chi connectivity index (χ0n) is 18.9. The maximum Gasteiger partial charge on any atom is 0.254 e. The normalized spacial score (nSPS) is 20.4. The molecule has 2 aromatic rings. The SMILES string of the molecule is CCC1(C2CCOCC2)Oc2c(Br)cc(C(=O)NCc3c(C)cc(C)[nH]c3=O)c(C)c2O1. The van der Waals surface area contributed by atoms with E-state index in [9.17, 15) is 9.59 Å². The summed E-state index contributed by atoms with van der Waals surface area (Å²) in [5.74, 6) is 0.434. The maximum atomic E-state index is 13.1. The van der Waals surface area contributed by atoms with E-state index in [1.54, 1.807) is 6.07 Å². The number of carbonyl (C=O) groups is 1. The third kappa shape index (κ3) is 4.06. The Hall–Kier alpha value is -2.32. The number of aryl methyl sites for hydroxylation is 2. The average Bonchev–Trinajstić information content (AvgIpc) is 3.18. The standard InChI is InChI=1S/C24H29BrN2O5/c1-5-24(16-6-8-30-9-7-16)31-20-15(4)17(11-19(25)21(20)32-24)22(28)26-12-18-13(2)10-14(3)27-23(18)29/h10-11,16H,5-9,12H2,1-4H3,(H,26,28)(H,27,29). The van der Waals surface area contributed by atoms with Crippen LogP contribution in [0, 0.1) is 26.7 Å². The molecule has 1 amide bonds. The van der Waals surface area contributed by atoms with E-state index in [4.69, 9.17) is 14.2 Å². The number of hydrogen-bond acceptors (Lipinski definition) is 5. The summed E-state index contributed by atoms with van der Waals surface area (Å²) in [5, 5.41) is 2.88. The Kier molecular flexibility index (Phi) is 6.36. The lowest BCUT2D eigenvalue weighted by Crippen LogP contribution is -2.47. The molecule has 7 nitrogen and oxygen atoms in total. The van der Waals surface area contributed by atoms with Crippen molar-refractivity contribution >= 4 is 21.8 Å². The molecule has 4 rings (SSSR count). The van der Waals surface area contributed by atoms with Crippen LogP contribution in [0.4, 0.5) is 0 Å². The molecule has 2 aliphatic heterocycles. The Morgan fingerprint density at radius 2 is 1.88 bits per heavy atom. The van der Waals surface area contributed by atoms with Crippen LogP contribution in [0.1, 0.15) is 58.9 Å². The van der Waals surface area contributed by atoms with E-state index >= 15 is 0 Å². The van der Waals surface area contributed by atoms with Crippen molar-refractivity contribution in [1.82, 2.24) is 10.3 Å². The number of hydrogen-bond donors (Lipinski definition) is 2. The number of nitrogens with one attached hydrogen (secondary N) is 2. The van der Waals surface area contributed by atoms with E-state index in [0.29, 0.717) is 46.7 Å². The first-order valence-electron chi connectivity index (χ1n) is 11.0. The fourth-order valence-corrected chi connectivity index (χ4v) is 5.11. The van der Waals surface area contributed by atoms with Crippen molar-refractivity contribution in [2.45, 2.75) is 59.3 Å². The Labute approximate surface area is 196 Å². The Bertz CT molecular complexity index is 1110. The fraction of sp³-hybridized carbons (Fsp3) is 0.500. The molecule has 2 aliphatic rings.